The normalized spacial score (nSPS) is 32.7. The van der Waals surface area contributed by atoms with Crippen LogP contribution in [0.5, 0.6) is 0 Å². The number of nitrogens with zero attached hydrogens (tertiary/aromatic N) is 2. The minimum Gasteiger partial charge on any atom is -0.390 e. The zero-order chi connectivity index (χ0) is 16.3. The van der Waals surface area contributed by atoms with Gasteiger partial charge >= 0.3 is 0 Å². The van der Waals surface area contributed by atoms with E-state index in [1.165, 1.54) is 32.1 Å². The van der Waals surface area contributed by atoms with E-state index in [2.05, 4.69) is 4.90 Å². The van der Waals surface area contributed by atoms with Gasteiger partial charge in [0.15, 0.2) is 0 Å². The number of carbonyl (C=O) groups excluding carboxylic acids is 1. The molecule has 1 aliphatic carbocycles. The predicted molar refractivity (Wildman–Crippen MR) is 88.4 cm³/mol. The number of amides is 1. The highest BCUT2D eigenvalue weighted by molar-refractivity contribution is 5.81. The second-order valence-corrected chi connectivity index (χ2v) is 7.52. The van der Waals surface area contributed by atoms with E-state index in [1.54, 1.807) is 4.90 Å². The number of hydrogen-bond acceptors (Lipinski definition) is 4. The van der Waals surface area contributed by atoms with E-state index in [-0.39, 0.29) is 18.0 Å². The number of aliphatic hydroxyl groups excluding tert-OH is 1. The van der Waals surface area contributed by atoms with Crippen molar-refractivity contribution >= 4 is 5.91 Å². The van der Waals surface area contributed by atoms with Gasteiger partial charge in [-0.3, -0.25) is 9.69 Å². The SMILES string of the molecule is C[C@H](N)[C@H](O)CN1CC2CCCCCC2CC1C(=O)N(C)C. The number of hydrogen-bond donors (Lipinski definition) is 2. The second kappa shape index (κ2) is 7.75. The lowest BCUT2D eigenvalue weighted by molar-refractivity contribution is -0.138. The predicted octanol–water partition coefficient (Wildman–Crippen LogP) is 1.05. The molecule has 5 atom stereocenters. The third-order valence-electron chi connectivity index (χ3n) is 5.51. The zero-order valence-corrected chi connectivity index (χ0v) is 14.4. The van der Waals surface area contributed by atoms with Gasteiger partial charge in [-0.25, -0.2) is 0 Å². The summed E-state index contributed by atoms with van der Waals surface area (Å²) < 4.78 is 0. The number of fused-ring (bicyclic) bond motifs is 1. The summed E-state index contributed by atoms with van der Waals surface area (Å²) in [6, 6.07) is -0.357. The molecule has 0 bridgehead atoms. The van der Waals surface area contributed by atoms with Gasteiger partial charge in [0.05, 0.1) is 12.1 Å². The van der Waals surface area contributed by atoms with E-state index in [0.29, 0.717) is 18.4 Å². The van der Waals surface area contributed by atoms with Gasteiger partial charge < -0.3 is 15.7 Å². The molecule has 0 aromatic rings. The lowest BCUT2D eigenvalue weighted by atomic mass is 9.78. The van der Waals surface area contributed by atoms with Crippen molar-refractivity contribution in [3.63, 3.8) is 0 Å². The molecule has 1 heterocycles. The maximum atomic E-state index is 12.6. The fourth-order valence-corrected chi connectivity index (χ4v) is 4.04. The van der Waals surface area contributed by atoms with Crippen LogP contribution in [0.1, 0.15) is 45.4 Å². The fraction of sp³-hybridized carbons (Fsp3) is 0.941. The van der Waals surface area contributed by atoms with Crippen LogP contribution in [0.15, 0.2) is 0 Å². The van der Waals surface area contributed by atoms with Gasteiger partial charge in [0.1, 0.15) is 0 Å². The molecule has 1 saturated heterocycles. The number of likely N-dealkylation sites (tertiary alicyclic amines) is 1. The van der Waals surface area contributed by atoms with E-state index >= 15 is 0 Å². The highest BCUT2D eigenvalue weighted by atomic mass is 16.3. The van der Waals surface area contributed by atoms with Crippen LogP contribution in [-0.4, -0.2) is 66.2 Å². The molecule has 0 aromatic carbocycles. The average Bonchev–Trinajstić information content (AvgIpc) is 2.70. The van der Waals surface area contributed by atoms with Gasteiger partial charge in [0.2, 0.25) is 5.91 Å². The van der Waals surface area contributed by atoms with Crippen molar-refractivity contribution in [3.05, 3.63) is 0 Å². The molecule has 0 radical (unpaired) electrons. The van der Waals surface area contributed by atoms with Crippen molar-refractivity contribution in [3.8, 4) is 0 Å². The Bertz CT molecular complexity index is 373. The number of piperidine rings is 1. The summed E-state index contributed by atoms with van der Waals surface area (Å²) in [6.07, 6.45) is 6.81. The summed E-state index contributed by atoms with van der Waals surface area (Å²) in [5.74, 6) is 1.51. The van der Waals surface area contributed by atoms with Gasteiger partial charge in [0.25, 0.3) is 0 Å². The zero-order valence-electron chi connectivity index (χ0n) is 14.4. The van der Waals surface area contributed by atoms with Crippen LogP contribution < -0.4 is 5.73 Å². The summed E-state index contributed by atoms with van der Waals surface area (Å²) in [6.45, 7) is 3.26. The Labute approximate surface area is 134 Å². The first-order valence-electron chi connectivity index (χ1n) is 8.79. The van der Waals surface area contributed by atoms with Crippen molar-refractivity contribution in [2.45, 2.75) is 63.6 Å². The standard InChI is InChI=1S/C17H33N3O2/c1-12(18)16(21)11-20-10-14-8-6-4-5-7-13(14)9-15(20)17(22)19(2)3/h12-16,21H,4-11,18H2,1-3H3/t12-,13?,14?,15?,16+/m0/s1. The van der Waals surface area contributed by atoms with Crippen LogP contribution in [-0.2, 0) is 4.79 Å². The van der Waals surface area contributed by atoms with Gasteiger partial charge in [-0.2, -0.15) is 0 Å². The summed E-state index contributed by atoms with van der Waals surface area (Å²) in [5, 5.41) is 10.2. The van der Waals surface area contributed by atoms with Gasteiger partial charge in [0, 0.05) is 33.2 Å². The highest BCUT2D eigenvalue weighted by Crippen LogP contribution is 2.37. The van der Waals surface area contributed by atoms with Gasteiger partial charge in [-0.05, 0) is 31.6 Å². The summed E-state index contributed by atoms with van der Waals surface area (Å²) in [5.41, 5.74) is 5.82. The molecule has 2 aliphatic rings. The third kappa shape index (κ3) is 4.21. The Morgan fingerprint density at radius 2 is 1.91 bits per heavy atom. The van der Waals surface area contributed by atoms with Crippen molar-refractivity contribution < 1.29 is 9.90 Å². The van der Waals surface area contributed by atoms with E-state index in [1.807, 2.05) is 21.0 Å². The molecule has 1 amide bonds. The number of carbonyl (C=O) groups is 1. The van der Waals surface area contributed by atoms with Crippen molar-refractivity contribution in [1.82, 2.24) is 9.80 Å². The number of aliphatic hydroxyl groups is 1. The molecular formula is C17H33N3O2. The van der Waals surface area contributed by atoms with Gasteiger partial charge in [-0.1, -0.05) is 25.7 Å². The van der Waals surface area contributed by atoms with Crippen LogP contribution in [0.2, 0.25) is 0 Å². The largest absolute Gasteiger partial charge is 0.390 e. The molecule has 3 N–H and O–H groups in total. The monoisotopic (exact) mass is 311 g/mol. The summed E-state index contributed by atoms with van der Waals surface area (Å²) in [4.78, 5) is 16.5. The van der Waals surface area contributed by atoms with E-state index in [9.17, 15) is 9.90 Å². The molecule has 2 rings (SSSR count). The van der Waals surface area contributed by atoms with Crippen LogP contribution in [0, 0.1) is 11.8 Å². The molecule has 0 aromatic heterocycles. The molecule has 0 spiro atoms. The lowest BCUT2D eigenvalue weighted by Crippen LogP contribution is -2.57. The Balaban J connectivity index is 2.12. The quantitative estimate of drug-likeness (QED) is 0.814. The lowest BCUT2D eigenvalue weighted by Gasteiger charge is -2.44. The Morgan fingerprint density at radius 1 is 1.27 bits per heavy atom. The van der Waals surface area contributed by atoms with Crippen LogP contribution >= 0.6 is 0 Å². The Kier molecular flexibility index (Phi) is 6.24. The van der Waals surface area contributed by atoms with Crippen LogP contribution in [0.3, 0.4) is 0 Å². The molecular weight excluding hydrogens is 278 g/mol. The van der Waals surface area contributed by atoms with E-state index in [0.717, 1.165) is 13.0 Å². The van der Waals surface area contributed by atoms with Crippen molar-refractivity contribution in [2.75, 3.05) is 27.2 Å². The topological polar surface area (TPSA) is 69.8 Å². The molecule has 128 valence electrons. The Hall–Kier alpha value is -0.650. The highest BCUT2D eigenvalue weighted by Gasteiger charge is 2.40. The Morgan fingerprint density at radius 3 is 2.50 bits per heavy atom. The minimum absolute atomic E-state index is 0.0947. The maximum absolute atomic E-state index is 12.6. The molecule has 5 heteroatoms. The smallest absolute Gasteiger partial charge is 0.239 e. The first-order valence-corrected chi connectivity index (χ1v) is 8.79. The number of rotatable bonds is 4. The van der Waals surface area contributed by atoms with E-state index < -0.39 is 6.10 Å². The van der Waals surface area contributed by atoms with Crippen molar-refractivity contribution in [2.24, 2.45) is 17.6 Å². The molecule has 22 heavy (non-hydrogen) atoms. The van der Waals surface area contributed by atoms with Crippen LogP contribution in [0.25, 0.3) is 0 Å². The van der Waals surface area contributed by atoms with Crippen LogP contribution in [0.4, 0.5) is 0 Å². The second-order valence-electron chi connectivity index (χ2n) is 7.52. The molecule has 5 nitrogen and oxygen atoms in total. The summed E-state index contributed by atoms with van der Waals surface area (Å²) >= 11 is 0. The summed E-state index contributed by atoms with van der Waals surface area (Å²) in [7, 11) is 3.64. The average molecular weight is 311 g/mol. The number of nitrogens with two attached hydrogens (primary N) is 1. The molecule has 1 saturated carbocycles. The first kappa shape index (κ1) is 17.7. The minimum atomic E-state index is -0.570. The fourth-order valence-electron chi connectivity index (χ4n) is 4.04. The first-order chi connectivity index (χ1) is 10.4. The molecule has 2 fully saturated rings. The van der Waals surface area contributed by atoms with Gasteiger partial charge in [-0.15, -0.1) is 0 Å². The third-order valence-corrected chi connectivity index (χ3v) is 5.51. The number of β-amino-alcohol motifs (C(OH)–C–C–N with tert-alkyl or cyclic N) is 1. The van der Waals surface area contributed by atoms with Crippen molar-refractivity contribution in [1.29, 1.82) is 0 Å². The molecule has 3 unspecified atom stereocenters. The maximum Gasteiger partial charge on any atom is 0.239 e. The van der Waals surface area contributed by atoms with E-state index in [4.69, 9.17) is 5.73 Å². The molecule has 1 aliphatic heterocycles. The number of likely N-dealkylation sites (N-methyl/N-ethyl adjacent to an activating group) is 1.